The lowest BCUT2D eigenvalue weighted by Gasteiger charge is -2.21. The summed E-state index contributed by atoms with van der Waals surface area (Å²) in [7, 11) is 0. The molecule has 0 spiro atoms. The molecule has 1 aromatic rings. The van der Waals surface area contributed by atoms with Crippen LogP contribution in [0, 0.1) is 5.92 Å². The van der Waals surface area contributed by atoms with Gasteiger partial charge in [0.1, 0.15) is 5.82 Å². The molecule has 2 N–H and O–H groups in total. The highest BCUT2D eigenvalue weighted by molar-refractivity contribution is 5.76. The van der Waals surface area contributed by atoms with Crippen molar-refractivity contribution in [1.29, 1.82) is 0 Å². The molecule has 0 radical (unpaired) electrons. The third-order valence-electron chi connectivity index (χ3n) is 3.83. The van der Waals surface area contributed by atoms with E-state index >= 15 is 0 Å². The van der Waals surface area contributed by atoms with E-state index in [1.807, 2.05) is 6.20 Å². The van der Waals surface area contributed by atoms with Gasteiger partial charge in [-0.2, -0.15) is 0 Å². The fraction of sp³-hybridized carbons (Fsp3) is 0.733. The van der Waals surface area contributed by atoms with Crippen LogP contribution in [0.15, 0.2) is 12.4 Å². The monoisotopic (exact) mass is 279 g/mol. The third-order valence-corrected chi connectivity index (χ3v) is 3.83. The number of amides is 1. The van der Waals surface area contributed by atoms with Crippen molar-refractivity contribution in [3.63, 3.8) is 0 Å². The number of nitrogens with one attached hydrogen (secondary N) is 1. The molecule has 0 aliphatic heterocycles. The molecule has 1 aliphatic carbocycles. The number of carbonyl (C=O) groups is 1. The molecule has 2 rings (SSSR count). The summed E-state index contributed by atoms with van der Waals surface area (Å²) in [5.41, 5.74) is -0.780. The lowest BCUT2D eigenvalue weighted by molar-refractivity contribution is -0.126. The zero-order valence-corrected chi connectivity index (χ0v) is 12.4. The van der Waals surface area contributed by atoms with Gasteiger partial charge in [0.2, 0.25) is 5.91 Å². The summed E-state index contributed by atoms with van der Waals surface area (Å²) < 4.78 is 2.06. The zero-order valence-electron chi connectivity index (χ0n) is 12.4. The molecule has 0 atom stereocenters. The van der Waals surface area contributed by atoms with Gasteiger partial charge in [0, 0.05) is 18.9 Å². The molecule has 1 heterocycles. The Balaban J connectivity index is 1.82. The van der Waals surface area contributed by atoms with Gasteiger partial charge in [-0.3, -0.25) is 4.79 Å². The van der Waals surface area contributed by atoms with E-state index in [1.54, 1.807) is 6.20 Å². The van der Waals surface area contributed by atoms with Gasteiger partial charge in [-0.15, -0.1) is 0 Å². The van der Waals surface area contributed by atoms with Gasteiger partial charge in [0.05, 0.1) is 18.6 Å². The number of nitrogens with zero attached hydrogens (tertiary/aromatic N) is 2. The van der Waals surface area contributed by atoms with E-state index in [-0.39, 0.29) is 12.3 Å². The van der Waals surface area contributed by atoms with Crippen LogP contribution in [0.25, 0.3) is 0 Å². The van der Waals surface area contributed by atoms with Crippen molar-refractivity contribution >= 4 is 5.91 Å². The number of imidazole rings is 1. The van der Waals surface area contributed by atoms with E-state index in [4.69, 9.17) is 0 Å². The standard InChI is InChI=1S/C15H25N3O2/c1-12(2)11-18-8-7-16-13(18)10-17-14(19)9-15(20)5-3-4-6-15/h7-8,12,20H,3-6,9-11H2,1-2H3,(H,17,19). The second-order valence-corrected chi connectivity index (χ2v) is 6.27. The van der Waals surface area contributed by atoms with Crippen LogP contribution < -0.4 is 5.32 Å². The van der Waals surface area contributed by atoms with Gasteiger partial charge < -0.3 is 15.0 Å². The fourth-order valence-corrected chi connectivity index (χ4v) is 2.82. The minimum Gasteiger partial charge on any atom is -0.389 e. The third kappa shape index (κ3) is 4.07. The van der Waals surface area contributed by atoms with Gasteiger partial charge in [-0.25, -0.2) is 4.98 Å². The summed E-state index contributed by atoms with van der Waals surface area (Å²) in [4.78, 5) is 16.2. The van der Waals surface area contributed by atoms with Crippen LogP contribution in [0.5, 0.6) is 0 Å². The van der Waals surface area contributed by atoms with Gasteiger partial charge in [0.25, 0.3) is 0 Å². The summed E-state index contributed by atoms with van der Waals surface area (Å²) >= 11 is 0. The Hall–Kier alpha value is -1.36. The number of rotatable bonds is 6. The van der Waals surface area contributed by atoms with E-state index in [0.717, 1.165) is 38.1 Å². The molecule has 1 aromatic heterocycles. The van der Waals surface area contributed by atoms with Crippen LogP contribution in [-0.2, 0) is 17.9 Å². The molecule has 0 aromatic carbocycles. The molecule has 112 valence electrons. The van der Waals surface area contributed by atoms with Crippen LogP contribution in [0.4, 0.5) is 0 Å². The molecule has 1 saturated carbocycles. The number of aliphatic hydroxyl groups is 1. The summed E-state index contributed by atoms with van der Waals surface area (Å²) in [6, 6.07) is 0. The molecular weight excluding hydrogens is 254 g/mol. The van der Waals surface area contributed by atoms with Crippen molar-refractivity contribution in [2.75, 3.05) is 0 Å². The number of carbonyl (C=O) groups excluding carboxylic acids is 1. The summed E-state index contributed by atoms with van der Waals surface area (Å²) in [5.74, 6) is 1.32. The maximum Gasteiger partial charge on any atom is 0.223 e. The Labute approximate surface area is 120 Å². The van der Waals surface area contributed by atoms with Crippen LogP contribution in [-0.4, -0.2) is 26.2 Å². The summed E-state index contributed by atoms with van der Waals surface area (Å²) in [5, 5.41) is 13.1. The van der Waals surface area contributed by atoms with E-state index in [0.29, 0.717) is 12.5 Å². The van der Waals surface area contributed by atoms with Crippen molar-refractivity contribution in [3.8, 4) is 0 Å². The molecule has 1 amide bonds. The molecular formula is C15H25N3O2. The average molecular weight is 279 g/mol. The molecule has 5 heteroatoms. The lowest BCUT2D eigenvalue weighted by atomic mass is 9.98. The van der Waals surface area contributed by atoms with E-state index in [1.165, 1.54) is 0 Å². The van der Waals surface area contributed by atoms with Gasteiger partial charge in [0.15, 0.2) is 0 Å². The Morgan fingerprint density at radius 3 is 2.85 bits per heavy atom. The predicted molar refractivity (Wildman–Crippen MR) is 76.9 cm³/mol. The second kappa shape index (κ2) is 6.39. The molecule has 0 bridgehead atoms. The normalized spacial score (nSPS) is 17.6. The highest BCUT2D eigenvalue weighted by Gasteiger charge is 2.33. The van der Waals surface area contributed by atoms with E-state index < -0.39 is 5.60 Å². The van der Waals surface area contributed by atoms with Crippen molar-refractivity contribution in [3.05, 3.63) is 18.2 Å². The average Bonchev–Trinajstić information content (AvgIpc) is 2.95. The largest absolute Gasteiger partial charge is 0.389 e. The molecule has 0 unspecified atom stereocenters. The minimum absolute atomic E-state index is 0.0894. The highest BCUT2D eigenvalue weighted by atomic mass is 16.3. The number of hydrogen-bond donors (Lipinski definition) is 2. The summed E-state index contributed by atoms with van der Waals surface area (Å²) in [6.07, 6.45) is 7.41. The van der Waals surface area contributed by atoms with Gasteiger partial charge in [-0.1, -0.05) is 26.7 Å². The molecule has 5 nitrogen and oxygen atoms in total. The first-order valence-electron chi connectivity index (χ1n) is 7.48. The topological polar surface area (TPSA) is 67.2 Å². The summed E-state index contributed by atoms with van der Waals surface area (Å²) in [6.45, 7) is 5.62. The van der Waals surface area contributed by atoms with Gasteiger partial charge >= 0.3 is 0 Å². The first kappa shape index (κ1) is 15.0. The quantitative estimate of drug-likeness (QED) is 0.835. The van der Waals surface area contributed by atoms with Crippen LogP contribution in [0.3, 0.4) is 0 Å². The SMILES string of the molecule is CC(C)Cn1ccnc1CNC(=O)CC1(O)CCCC1. The molecule has 1 fully saturated rings. The Kier molecular flexibility index (Phi) is 4.81. The zero-order chi connectivity index (χ0) is 14.6. The Bertz CT molecular complexity index is 448. The highest BCUT2D eigenvalue weighted by Crippen LogP contribution is 2.32. The van der Waals surface area contributed by atoms with E-state index in [2.05, 4.69) is 28.7 Å². The maximum atomic E-state index is 11.9. The first-order chi connectivity index (χ1) is 9.48. The smallest absolute Gasteiger partial charge is 0.223 e. The minimum atomic E-state index is -0.780. The number of hydrogen-bond acceptors (Lipinski definition) is 3. The molecule has 0 saturated heterocycles. The van der Waals surface area contributed by atoms with Crippen molar-refractivity contribution < 1.29 is 9.90 Å². The van der Waals surface area contributed by atoms with Crippen molar-refractivity contribution in [2.45, 2.75) is 64.6 Å². The van der Waals surface area contributed by atoms with Crippen LogP contribution in [0.2, 0.25) is 0 Å². The Morgan fingerprint density at radius 1 is 1.50 bits per heavy atom. The second-order valence-electron chi connectivity index (χ2n) is 6.27. The van der Waals surface area contributed by atoms with E-state index in [9.17, 15) is 9.90 Å². The van der Waals surface area contributed by atoms with Gasteiger partial charge in [-0.05, 0) is 18.8 Å². The van der Waals surface area contributed by atoms with Crippen molar-refractivity contribution in [1.82, 2.24) is 14.9 Å². The fourth-order valence-electron chi connectivity index (χ4n) is 2.82. The van der Waals surface area contributed by atoms with Crippen LogP contribution >= 0.6 is 0 Å². The van der Waals surface area contributed by atoms with Crippen LogP contribution in [0.1, 0.15) is 51.8 Å². The molecule has 1 aliphatic rings. The Morgan fingerprint density at radius 2 is 2.20 bits per heavy atom. The first-order valence-corrected chi connectivity index (χ1v) is 7.48. The maximum absolute atomic E-state index is 11.9. The molecule has 20 heavy (non-hydrogen) atoms. The lowest BCUT2D eigenvalue weighted by Crippen LogP contribution is -2.34. The van der Waals surface area contributed by atoms with Crippen molar-refractivity contribution in [2.24, 2.45) is 5.92 Å². The predicted octanol–water partition coefficient (Wildman–Crippen LogP) is 1.85. The number of aromatic nitrogens is 2.